The predicted octanol–water partition coefficient (Wildman–Crippen LogP) is 3.87. The summed E-state index contributed by atoms with van der Waals surface area (Å²) in [5.74, 6) is 0.133. The summed E-state index contributed by atoms with van der Waals surface area (Å²) >= 11 is 0. The van der Waals surface area contributed by atoms with Crippen LogP contribution in [0.2, 0.25) is 0 Å². The quantitative estimate of drug-likeness (QED) is 0.790. The van der Waals surface area contributed by atoms with E-state index in [1.807, 2.05) is 37.3 Å². The largest absolute Gasteiger partial charge is 0.463 e. The van der Waals surface area contributed by atoms with Crippen LogP contribution in [0.5, 0.6) is 0 Å². The normalized spacial score (nSPS) is 17.4. The van der Waals surface area contributed by atoms with Crippen molar-refractivity contribution in [2.45, 2.75) is 26.3 Å². The standard InChI is InChI=1S/C22H23FN2O2/c1-3-27-22(26)19-14-24-21(17-7-5-4-6-8-17)25-20(19)15(2)13-16-9-11-18(23)12-10-16/h4-12,14-15,20H,3,13H2,1-2H3,(H,24,25). The molecule has 0 aromatic heterocycles. The molecule has 0 bridgehead atoms. The van der Waals surface area contributed by atoms with E-state index in [0.29, 0.717) is 18.6 Å². The second-order valence-electron chi connectivity index (χ2n) is 6.56. The van der Waals surface area contributed by atoms with Gasteiger partial charge in [0.05, 0.1) is 18.2 Å². The van der Waals surface area contributed by atoms with E-state index in [-0.39, 0.29) is 23.7 Å². The van der Waals surface area contributed by atoms with Crippen LogP contribution in [0.3, 0.4) is 0 Å². The van der Waals surface area contributed by atoms with Crippen LogP contribution in [0.4, 0.5) is 4.39 Å². The van der Waals surface area contributed by atoms with Crippen LogP contribution in [0, 0.1) is 11.7 Å². The molecule has 0 spiro atoms. The van der Waals surface area contributed by atoms with Crippen molar-refractivity contribution >= 4 is 11.8 Å². The third kappa shape index (κ3) is 4.61. The molecule has 5 heteroatoms. The number of carbonyl (C=O) groups excluding carboxylic acids is 1. The predicted molar refractivity (Wildman–Crippen MR) is 104 cm³/mol. The maximum atomic E-state index is 13.2. The van der Waals surface area contributed by atoms with Crippen LogP contribution < -0.4 is 5.32 Å². The van der Waals surface area contributed by atoms with Crippen molar-refractivity contribution in [3.63, 3.8) is 0 Å². The van der Waals surface area contributed by atoms with E-state index in [9.17, 15) is 9.18 Å². The van der Waals surface area contributed by atoms with Gasteiger partial charge in [-0.2, -0.15) is 0 Å². The highest BCUT2D eigenvalue weighted by molar-refractivity contribution is 6.02. The molecule has 3 rings (SSSR count). The molecule has 2 unspecified atom stereocenters. The summed E-state index contributed by atoms with van der Waals surface area (Å²) in [7, 11) is 0. The van der Waals surface area contributed by atoms with Gasteiger partial charge in [0.15, 0.2) is 0 Å². The zero-order valence-electron chi connectivity index (χ0n) is 15.5. The lowest BCUT2D eigenvalue weighted by molar-refractivity contribution is -0.139. The molecule has 1 aliphatic rings. The lowest BCUT2D eigenvalue weighted by atomic mass is 9.88. The van der Waals surface area contributed by atoms with Gasteiger partial charge in [-0.3, -0.25) is 4.99 Å². The molecular weight excluding hydrogens is 343 g/mol. The number of nitrogens with zero attached hydrogens (tertiary/aromatic N) is 1. The molecule has 4 nitrogen and oxygen atoms in total. The van der Waals surface area contributed by atoms with Crippen molar-refractivity contribution in [3.05, 3.63) is 83.3 Å². The zero-order valence-corrected chi connectivity index (χ0v) is 15.5. The fourth-order valence-electron chi connectivity index (χ4n) is 3.16. The third-order valence-corrected chi connectivity index (χ3v) is 4.52. The first kappa shape index (κ1) is 18.8. The number of hydrogen-bond acceptors (Lipinski definition) is 4. The average molecular weight is 366 g/mol. The number of benzene rings is 2. The zero-order chi connectivity index (χ0) is 19.2. The van der Waals surface area contributed by atoms with E-state index in [2.05, 4.69) is 5.32 Å². The molecule has 0 amide bonds. The Morgan fingerprint density at radius 3 is 2.56 bits per heavy atom. The Labute approximate surface area is 158 Å². The molecule has 1 aliphatic heterocycles. The molecule has 2 aromatic rings. The van der Waals surface area contributed by atoms with Crippen LogP contribution in [0.15, 0.2) is 71.4 Å². The number of aliphatic imine (C=N–C) groups is 1. The number of amidine groups is 1. The third-order valence-electron chi connectivity index (χ3n) is 4.52. The van der Waals surface area contributed by atoms with Crippen molar-refractivity contribution in [2.24, 2.45) is 10.9 Å². The minimum absolute atomic E-state index is 0.0342. The molecular formula is C22H23FN2O2. The monoisotopic (exact) mass is 366 g/mol. The summed E-state index contributed by atoms with van der Waals surface area (Å²) in [5, 5.41) is 3.12. The van der Waals surface area contributed by atoms with Gasteiger partial charge in [-0.15, -0.1) is 0 Å². The van der Waals surface area contributed by atoms with Crippen molar-refractivity contribution in [2.75, 3.05) is 6.61 Å². The Hall–Kier alpha value is -2.95. The van der Waals surface area contributed by atoms with E-state index in [1.54, 1.807) is 25.3 Å². The van der Waals surface area contributed by atoms with Gasteiger partial charge in [0.1, 0.15) is 11.7 Å². The van der Waals surface area contributed by atoms with Gasteiger partial charge < -0.3 is 10.1 Å². The lowest BCUT2D eigenvalue weighted by Gasteiger charge is -2.27. The average Bonchev–Trinajstić information content (AvgIpc) is 2.70. The van der Waals surface area contributed by atoms with E-state index < -0.39 is 0 Å². The molecule has 2 aromatic carbocycles. The molecule has 0 saturated heterocycles. The maximum absolute atomic E-state index is 13.2. The van der Waals surface area contributed by atoms with Crippen molar-refractivity contribution in [1.82, 2.24) is 5.32 Å². The summed E-state index contributed by atoms with van der Waals surface area (Å²) < 4.78 is 18.4. The summed E-state index contributed by atoms with van der Waals surface area (Å²) in [6.07, 6.45) is 2.37. The van der Waals surface area contributed by atoms with Gasteiger partial charge in [0, 0.05) is 11.8 Å². The molecule has 2 atom stereocenters. The molecule has 1 N–H and O–H groups in total. The number of nitrogens with one attached hydrogen (secondary N) is 1. The van der Waals surface area contributed by atoms with Gasteiger partial charge in [0.2, 0.25) is 0 Å². The van der Waals surface area contributed by atoms with Gasteiger partial charge in [-0.05, 0) is 37.0 Å². The summed E-state index contributed by atoms with van der Waals surface area (Å²) in [5.41, 5.74) is 2.46. The van der Waals surface area contributed by atoms with Crippen LogP contribution in [-0.4, -0.2) is 24.5 Å². The van der Waals surface area contributed by atoms with Crippen LogP contribution in [0.1, 0.15) is 25.0 Å². The number of rotatable bonds is 6. The summed E-state index contributed by atoms with van der Waals surface area (Å²) in [4.78, 5) is 17.2. The Balaban J connectivity index is 1.87. The summed E-state index contributed by atoms with van der Waals surface area (Å²) in [6.45, 7) is 4.13. The first-order valence-electron chi connectivity index (χ1n) is 9.10. The number of hydrogen-bond donors (Lipinski definition) is 1. The molecule has 27 heavy (non-hydrogen) atoms. The smallest absolute Gasteiger partial charge is 0.337 e. The minimum Gasteiger partial charge on any atom is -0.463 e. The van der Waals surface area contributed by atoms with Crippen molar-refractivity contribution in [1.29, 1.82) is 0 Å². The van der Waals surface area contributed by atoms with Gasteiger partial charge in [-0.25, -0.2) is 9.18 Å². The molecule has 140 valence electrons. The highest BCUT2D eigenvalue weighted by Crippen LogP contribution is 2.25. The SMILES string of the molecule is CCOC(=O)C1=CNC(c2ccccc2)=NC1C(C)Cc1ccc(F)cc1. The van der Waals surface area contributed by atoms with Crippen molar-refractivity contribution < 1.29 is 13.9 Å². The molecule has 0 aliphatic carbocycles. The van der Waals surface area contributed by atoms with Crippen LogP contribution in [-0.2, 0) is 16.0 Å². The minimum atomic E-state index is -0.364. The molecule has 1 heterocycles. The van der Waals surface area contributed by atoms with Crippen molar-refractivity contribution in [3.8, 4) is 0 Å². The van der Waals surface area contributed by atoms with E-state index in [1.165, 1.54) is 12.1 Å². The van der Waals surface area contributed by atoms with Crippen LogP contribution >= 0.6 is 0 Å². The van der Waals surface area contributed by atoms with Crippen LogP contribution in [0.25, 0.3) is 0 Å². The van der Waals surface area contributed by atoms with E-state index in [4.69, 9.17) is 9.73 Å². The topological polar surface area (TPSA) is 50.7 Å². The second kappa shape index (κ2) is 8.62. The Bertz CT molecular complexity index is 844. The molecule has 0 radical (unpaired) electrons. The molecule has 0 saturated carbocycles. The number of esters is 1. The Morgan fingerprint density at radius 2 is 1.89 bits per heavy atom. The van der Waals surface area contributed by atoms with Gasteiger partial charge in [0.25, 0.3) is 0 Å². The van der Waals surface area contributed by atoms with Gasteiger partial charge in [-0.1, -0.05) is 49.4 Å². The fourth-order valence-corrected chi connectivity index (χ4v) is 3.16. The number of ether oxygens (including phenoxy) is 1. The van der Waals surface area contributed by atoms with Gasteiger partial charge >= 0.3 is 5.97 Å². The second-order valence-corrected chi connectivity index (χ2v) is 6.56. The fraction of sp³-hybridized carbons (Fsp3) is 0.273. The lowest BCUT2D eigenvalue weighted by Crippen LogP contribution is -2.36. The van der Waals surface area contributed by atoms with E-state index >= 15 is 0 Å². The highest BCUT2D eigenvalue weighted by atomic mass is 19.1. The number of halogens is 1. The first-order chi connectivity index (χ1) is 13.1. The Kier molecular flexibility index (Phi) is 6.01. The first-order valence-corrected chi connectivity index (χ1v) is 9.10. The number of carbonyl (C=O) groups is 1. The Morgan fingerprint density at radius 1 is 1.19 bits per heavy atom. The summed E-state index contributed by atoms with van der Waals surface area (Å²) in [6, 6.07) is 15.9. The van der Waals surface area contributed by atoms with E-state index in [0.717, 1.165) is 17.0 Å². The molecule has 0 fully saturated rings. The highest BCUT2D eigenvalue weighted by Gasteiger charge is 2.30. The maximum Gasteiger partial charge on any atom is 0.337 e.